The van der Waals surface area contributed by atoms with Crippen molar-refractivity contribution in [3.8, 4) is 5.75 Å². The maximum absolute atomic E-state index is 12.7. The summed E-state index contributed by atoms with van der Waals surface area (Å²) >= 11 is 3.34. The van der Waals surface area contributed by atoms with Crippen LogP contribution in [0, 0.1) is 0 Å². The van der Waals surface area contributed by atoms with Gasteiger partial charge in [0.25, 0.3) is 11.7 Å². The average molecular weight is 428 g/mol. The van der Waals surface area contributed by atoms with Gasteiger partial charge in [-0.2, -0.15) is 0 Å². The molecule has 27 heavy (non-hydrogen) atoms. The van der Waals surface area contributed by atoms with Gasteiger partial charge < -0.3 is 14.7 Å². The predicted molar refractivity (Wildman–Crippen MR) is 106 cm³/mol. The Morgan fingerprint density at radius 3 is 2.59 bits per heavy atom. The summed E-state index contributed by atoms with van der Waals surface area (Å²) in [5, 5.41) is 10.9. The zero-order chi connectivity index (χ0) is 19.6. The lowest BCUT2D eigenvalue weighted by atomic mass is 9.95. The third kappa shape index (κ3) is 3.53. The van der Waals surface area contributed by atoms with E-state index >= 15 is 0 Å². The van der Waals surface area contributed by atoms with E-state index in [0.717, 1.165) is 4.47 Å². The van der Waals surface area contributed by atoms with Gasteiger partial charge in [0.15, 0.2) is 0 Å². The first-order valence-corrected chi connectivity index (χ1v) is 9.06. The number of carbonyl (C=O) groups is 2. The van der Waals surface area contributed by atoms with Gasteiger partial charge in [0.1, 0.15) is 11.5 Å². The van der Waals surface area contributed by atoms with Crippen LogP contribution in [-0.2, 0) is 9.59 Å². The van der Waals surface area contributed by atoms with Crippen LogP contribution in [-0.4, -0.2) is 35.4 Å². The third-order valence-corrected chi connectivity index (χ3v) is 4.92. The molecule has 0 aliphatic carbocycles. The largest absolute Gasteiger partial charge is 0.507 e. The first-order chi connectivity index (χ1) is 13.0. The van der Waals surface area contributed by atoms with Crippen LogP contribution in [0.15, 0.2) is 71.2 Å². The predicted octanol–water partition coefficient (Wildman–Crippen LogP) is 4.07. The number of aliphatic hydroxyl groups excluding tert-OH is 1. The molecule has 0 spiro atoms. The standard InChI is InChI=1S/C21H18BrNO4/c1-3-11-23-18(14-5-4-6-16(12-14)27-2)17(20(25)21(23)26)19(24)13-7-9-15(22)10-8-13/h3-10,12,18,24H,1,11H2,2H3/b19-17+/t18-/m0/s1. The smallest absolute Gasteiger partial charge is 0.295 e. The zero-order valence-electron chi connectivity index (χ0n) is 14.7. The maximum Gasteiger partial charge on any atom is 0.295 e. The number of hydrogen-bond acceptors (Lipinski definition) is 4. The third-order valence-electron chi connectivity index (χ3n) is 4.39. The number of ether oxygens (including phenoxy) is 1. The van der Waals surface area contributed by atoms with E-state index in [-0.39, 0.29) is 17.9 Å². The summed E-state index contributed by atoms with van der Waals surface area (Å²) in [4.78, 5) is 26.7. The van der Waals surface area contributed by atoms with Crippen molar-refractivity contribution in [2.24, 2.45) is 0 Å². The maximum atomic E-state index is 12.7. The Morgan fingerprint density at radius 2 is 1.96 bits per heavy atom. The lowest BCUT2D eigenvalue weighted by molar-refractivity contribution is -0.139. The molecule has 6 heteroatoms. The van der Waals surface area contributed by atoms with Crippen LogP contribution >= 0.6 is 15.9 Å². The van der Waals surface area contributed by atoms with Crippen molar-refractivity contribution in [3.63, 3.8) is 0 Å². The van der Waals surface area contributed by atoms with Gasteiger partial charge in [-0.25, -0.2) is 0 Å². The molecular weight excluding hydrogens is 410 g/mol. The quantitative estimate of drug-likeness (QED) is 0.338. The number of likely N-dealkylation sites (tertiary alicyclic amines) is 1. The number of amides is 1. The molecule has 0 saturated carbocycles. The molecule has 1 fully saturated rings. The Hall–Kier alpha value is -2.86. The molecule has 1 amide bonds. The van der Waals surface area contributed by atoms with Crippen LogP contribution in [0.5, 0.6) is 5.75 Å². The van der Waals surface area contributed by atoms with Gasteiger partial charge in [-0.15, -0.1) is 6.58 Å². The molecule has 2 aromatic rings. The number of halogens is 1. The fourth-order valence-corrected chi connectivity index (χ4v) is 3.39. The van der Waals surface area contributed by atoms with E-state index in [2.05, 4.69) is 22.5 Å². The minimum atomic E-state index is -0.721. The molecule has 138 valence electrons. The summed E-state index contributed by atoms with van der Waals surface area (Å²) in [6.45, 7) is 3.85. The van der Waals surface area contributed by atoms with Crippen molar-refractivity contribution in [3.05, 3.63) is 82.4 Å². The first-order valence-electron chi connectivity index (χ1n) is 8.27. The Balaban J connectivity index is 2.20. The van der Waals surface area contributed by atoms with E-state index in [1.54, 1.807) is 61.7 Å². The summed E-state index contributed by atoms with van der Waals surface area (Å²) < 4.78 is 6.11. The number of benzene rings is 2. The zero-order valence-corrected chi connectivity index (χ0v) is 16.3. The van der Waals surface area contributed by atoms with Crippen LogP contribution in [0.25, 0.3) is 5.76 Å². The highest BCUT2D eigenvalue weighted by molar-refractivity contribution is 9.10. The van der Waals surface area contributed by atoms with Gasteiger partial charge >= 0.3 is 0 Å². The monoisotopic (exact) mass is 427 g/mol. The van der Waals surface area contributed by atoms with Gasteiger partial charge in [-0.3, -0.25) is 9.59 Å². The van der Waals surface area contributed by atoms with E-state index in [1.807, 2.05) is 0 Å². The molecule has 1 atom stereocenters. The molecule has 3 rings (SSSR count). The number of carbonyl (C=O) groups excluding carboxylic acids is 2. The SMILES string of the molecule is C=CCN1C(=O)C(=O)/C(=C(/O)c2ccc(Br)cc2)[C@@H]1c1cccc(OC)c1. The van der Waals surface area contributed by atoms with Crippen LogP contribution in [0.3, 0.4) is 0 Å². The normalized spacial score (nSPS) is 18.6. The molecule has 0 bridgehead atoms. The van der Waals surface area contributed by atoms with Gasteiger partial charge in [0.05, 0.1) is 18.7 Å². The van der Waals surface area contributed by atoms with Crippen LogP contribution in [0.4, 0.5) is 0 Å². The first kappa shape index (κ1) is 18.9. The van der Waals surface area contributed by atoms with E-state index in [4.69, 9.17) is 4.74 Å². The fraction of sp³-hybridized carbons (Fsp3) is 0.143. The lowest BCUT2D eigenvalue weighted by Crippen LogP contribution is -2.29. The molecule has 1 heterocycles. The summed E-state index contributed by atoms with van der Waals surface area (Å²) in [5.74, 6) is -0.993. The molecule has 0 aromatic heterocycles. The van der Waals surface area contributed by atoms with E-state index in [1.165, 1.54) is 4.90 Å². The van der Waals surface area contributed by atoms with Gasteiger partial charge in [-0.05, 0) is 29.8 Å². The number of ketones is 1. The highest BCUT2D eigenvalue weighted by Crippen LogP contribution is 2.40. The minimum Gasteiger partial charge on any atom is -0.507 e. The molecule has 0 unspecified atom stereocenters. The fourth-order valence-electron chi connectivity index (χ4n) is 3.13. The molecule has 5 nitrogen and oxygen atoms in total. The van der Waals surface area contributed by atoms with Crippen molar-refractivity contribution in [2.45, 2.75) is 6.04 Å². The number of nitrogens with zero attached hydrogens (tertiary/aromatic N) is 1. The molecule has 2 aromatic carbocycles. The highest BCUT2D eigenvalue weighted by Gasteiger charge is 2.45. The number of aliphatic hydroxyl groups is 1. The number of Topliss-reactive ketones (excluding diaryl/α,β-unsaturated/α-hetero) is 1. The van der Waals surface area contributed by atoms with E-state index in [9.17, 15) is 14.7 Å². The summed E-state index contributed by atoms with van der Waals surface area (Å²) in [6.07, 6.45) is 1.55. The number of hydrogen-bond donors (Lipinski definition) is 1. The number of methoxy groups -OCH3 is 1. The second kappa shape index (κ2) is 7.80. The topological polar surface area (TPSA) is 66.8 Å². The lowest BCUT2D eigenvalue weighted by Gasteiger charge is -2.24. The van der Waals surface area contributed by atoms with E-state index < -0.39 is 17.7 Å². The Labute approximate surface area is 165 Å². The average Bonchev–Trinajstić information content (AvgIpc) is 2.93. The number of rotatable bonds is 5. The van der Waals surface area contributed by atoms with Gasteiger partial charge in [0, 0.05) is 16.6 Å². The second-order valence-electron chi connectivity index (χ2n) is 6.02. The molecule has 1 aliphatic heterocycles. The van der Waals surface area contributed by atoms with Gasteiger partial charge in [0.2, 0.25) is 0 Å². The van der Waals surface area contributed by atoms with Crippen molar-refractivity contribution < 1.29 is 19.4 Å². The summed E-state index contributed by atoms with van der Waals surface area (Å²) in [6, 6.07) is 13.3. The van der Waals surface area contributed by atoms with E-state index in [0.29, 0.717) is 16.9 Å². The van der Waals surface area contributed by atoms with Crippen molar-refractivity contribution in [1.29, 1.82) is 0 Å². The second-order valence-corrected chi connectivity index (χ2v) is 6.94. The van der Waals surface area contributed by atoms with Crippen LogP contribution < -0.4 is 4.74 Å². The highest BCUT2D eigenvalue weighted by atomic mass is 79.9. The Morgan fingerprint density at radius 1 is 1.26 bits per heavy atom. The van der Waals surface area contributed by atoms with Crippen LogP contribution in [0.1, 0.15) is 17.2 Å². The Bertz CT molecular complexity index is 933. The molecule has 1 saturated heterocycles. The summed E-state index contributed by atoms with van der Waals surface area (Å²) in [5.41, 5.74) is 1.19. The van der Waals surface area contributed by atoms with Crippen molar-refractivity contribution in [2.75, 3.05) is 13.7 Å². The molecule has 1 aliphatic rings. The molecule has 1 N–H and O–H groups in total. The minimum absolute atomic E-state index is 0.0532. The molecule has 0 radical (unpaired) electrons. The summed E-state index contributed by atoms with van der Waals surface area (Å²) in [7, 11) is 1.54. The van der Waals surface area contributed by atoms with Crippen molar-refractivity contribution in [1.82, 2.24) is 4.90 Å². The Kier molecular flexibility index (Phi) is 5.46. The van der Waals surface area contributed by atoms with Crippen molar-refractivity contribution >= 4 is 33.4 Å². The van der Waals surface area contributed by atoms with Crippen LogP contribution in [0.2, 0.25) is 0 Å². The van der Waals surface area contributed by atoms with Gasteiger partial charge in [-0.1, -0.05) is 46.3 Å². The molecular formula is C21H18BrNO4.